The summed E-state index contributed by atoms with van der Waals surface area (Å²) in [7, 11) is 4.08. The van der Waals surface area contributed by atoms with Crippen LogP contribution in [0.4, 0.5) is 0 Å². The third-order valence-electron chi connectivity index (χ3n) is 3.88. The van der Waals surface area contributed by atoms with Crippen LogP contribution in [0.3, 0.4) is 0 Å². The van der Waals surface area contributed by atoms with Crippen LogP contribution in [0, 0.1) is 6.92 Å². The summed E-state index contributed by atoms with van der Waals surface area (Å²) in [6, 6.07) is 5.94. The zero-order chi connectivity index (χ0) is 15.7. The fourth-order valence-electron chi connectivity index (χ4n) is 2.66. The monoisotopic (exact) mass is 334 g/mol. The first-order valence-corrected chi connectivity index (χ1v) is 8.49. The smallest absolute Gasteiger partial charge is 0.0858 e. The van der Waals surface area contributed by atoms with Crippen molar-refractivity contribution in [3.05, 3.63) is 45.0 Å². The Hall–Kier alpha value is -1.43. The van der Waals surface area contributed by atoms with Crippen molar-refractivity contribution < 1.29 is 0 Å². The SMILES string of the molecule is Cc1ncsc1CCN(C)Cc1nn(C)c2cccc(Cl)c12. The molecule has 22 heavy (non-hydrogen) atoms. The van der Waals surface area contributed by atoms with Gasteiger partial charge in [0.2, 0.25) is 0 Å². The molecule has 2 aromatic heterocycles. The minimum atomic E-state index is 0.771. The van der Waals surface area contributed by atoms with E-state index in [9.17, 15) is 0 Å². The highest BCUT2D eigenvalue weighted by molar-refractivity contribution is 7.09. The van der Waals surface area contributed by atoms with Crippen LogP contribution in [0.15, 0.2) is 23.7 Å². The molecule has 1 aromatic carbocycles. The lowest BCUT2D eigenvalue weighted by molar-refractivity contribution is 0.327. The highest BCUT2D eigenvalue weighted by Crippen LogP contribution is 2.27. The van der Waals surface area contributed by atoms with E-state index in [1.807, 2.05) is 29.4 Å². The average molecular weight is 335 g/mol. The lowest BCUT2D eigenvalue weighted by atomic mass is 10.2. The maximum Gasteiger partial charge on any atom is 0.0858 e. The zero-order valence-electron chi connectivity index (χ0n) is 13.0. The van der Waals surface area contributed by atoms with E-state index >= 15 is 0 Å². The second-order valence-corrected chi connectivity index (χ2v) is 6.90. The average Bonchev–Trinajstić information content (AvgIpc) is 3.02. The summed E-state index contributed by atoms with van der Waals surface area (Å²) in [5, 5.41) is 6.47. The van der Waals surface area contributed by atoms with E-state index in [2.05, 4.69) is 35.0 Å². The molecule has 0 aliphatic heterocycles. The summed E-state index contributed by atoms with van der Waals surface area (Å²) in [6.07, 6.45) is 1.02. The Bertz CT molecular complexity index is 793. The third kappa shape index (κ3) is 3.02. The molecule has 0 spiro atoms. The standard InChI is InChI=1S/C16H19ClN4S/c1-11-15(22-10-18-11)7-8-20(2)9-13-16-12(17)5-4-6-14(16)21(3)19-13/h4-6,10H,7-9H2,1-3H3. The van der Waals surface area contributed by atoms with Crippen LogP contribution in [-0.4, -0.2) is 33.3 Å². The minimum absolute atomic E-state index is 0.771. The second-order valence-electron chi connectivity index (χ2n) is 5.55. The molecular formula is C16H19ClN4S. The minimum Gasteiger partial charge on any atom is -0.300 e. The number of rotatable bonds is 5. The number of aromatic nitrogens is 3. The van der Waals surface area contributed by atoms with Crippen LogP contribution in [0.5, 0.6) is 0 Å². The predicted molar refractivity (Wildman–Crippen MR) is 92.6 cm³/mol. The van der Waals surface area contributed by atoms with Crippen LogP contribution < -0.4 is 0 Å². The van der Waals surface area contributed by atoms with Crippen molar-refractivity contribution in [3.63, 3.8) is 0 Å². The van der Waals surface area contributed by atoms with Gasteiger partial charge in [-0.3, -0.25) is 4.68 Å². The molecule has 0 unspecified atom stereocenters. The van der Waals surface area contributed by atoms with Crippen molar-refractivity contribution in [2.45, 2.75) is 19.9 Å². The third-order valence-corrected chi connectivity index (χ3v) is 5.19. The lowest BCUT2D eigenvalue weighted by Crippen LogP contribution is -2.21. The van der Waals surface area contributed by atoms with Crippen molar-refractivity contribution in [3.8, 4) is 0 Å². The van der Waals surface area contributed by atoms with Gasteiger partial charge < -0.3 is 4.90 Å². The quantitative estimate of drug-likeness (QED) is 0.714. The van der Waals surface area contributed by atoms with E-state index in [0.29, 0.717) is 0 Å². The Morgan fingerprint density at radius 2 is 2.18 bits per heavy atom. The van der Waals surface area contributed by atoms with Gasteiger partial charge in [-0.1, -0.05) is 17.7 Å². The summed E-state index contributed by atoms with van der Waals surface area (Å²) in [4.78, 5) is 7.94. The zero-order valence-corrected chi connectivity index (χ0v) is 14.6. The molecule has 0 atom stereocenters. The van der Waals surface area contributed by atoms with Crippen LogP contribution in [0.25, 0.3) is 10.9 Å². The fourth-order valence-corrected chi connectivity index (χ4v) is 3.71. The fraction of sp³-hybridized carbons (Fsp3) is 0.375. The number of fused-ring (bicyclic) bond motifs is 1. The highest BCUT2D eigenvalue weighted by Gasteiger charge is 2.13. The number of thiazole rings is 1. The number of benzene rings is 1. The molecular weight excluding hydrogens is 316 g/mol. The maximum atomic E-state index is 6.36. The summed E-state index contributed by atoms with van der Waals surface area (Å²) in [6.45, 7) is 3.84. The summed E-state index contributed by atoms with van der Waals surface area (Å²) < 4.78 is 1.90. The first-order valence-electron chi connectivity index (χ1n) is 7.24. The Kier molecular flexibility index (Phi) is 4.47. The summed E-state index contributed by atoms with van der Waals surface area (Å²) in [5.74, 6) is 0. The molecule has 4 nitrogen and oxygen atoms in total. The van der Waals surface area contributed by atoms with Gasteiger partial charge >= 0.3 is 0 Å². The molecule has 3 rings (SSSR count). The molecule has 0 radical (unpaired) electrons. The number of hydrogen-bond donors (Lipinski definition) is 0. The van der Waals surface area contributed by atoms with Crippen LogP contribution in [-0.2, 0) is 20.0 Å². The van der Waals surface area contributed by atoms with Crippen molar-refractivity contribution in [1.82, 2.24) is 19.7 Å². The molecule has 2 heterocycles. The number of aryl methyl sites for hydroxylation is 2. The number of halogens is 1. The molecule has 0 saturated heterocycles. The topological polar surface area (TPSA) is 34.0 Å². The van der Waals surface area contributed by atoms with E-state index < -0.39 is 0 Å². The molecule has 3 aromatic rings. The van der Waals surface area contributed by atoms with Crippen molar-refractivity contribution in [2.24, 2.45) is 7.05 Å². The Morgan fingerprint density at radius 1 is 1.36 bits per heavy atom. The van der Waals surface area contributed by atoms with Gasteiger partial charge in [-0.05, 0) is 32.5 Å². The molecule has 0 bridgehead atoms. The van der Waals surface area contributed by atoms with Crippen molar-refractivity contribution in [1.29, 1.82) is 0 Å². The predicted octanol–water partition coefficient (Wildman–Crippen LogP) is 3.67. The second kappa shape index (κ2) is 6.36. The first-order chi connectivity index (χ1) is 10.6. The molecule has 6 heteroatoms. The van der Waals surface area contributed by atoms with Crippen LogP contribution in [0.2, 0.25) is 5.02 Å². The first kappa shape index (κ1) is 15.5. The van der Waals surface area contributed by atoms with Crippen molar-refractivity contribution >= 4 is 33.8 Å². The molecule has 0 saturated carbocycles. The number of likely N-dealkylation sites (N-methyl/N-ethyl adjacent to an activating group) is 1. The Morgan fingerprint density at radius 3 is 2.91 bits per heavy atom. The van der Waals surface area contributed by atoms with Gasteiger partial charge in [0.25, 0.3) is 0 Å². The normalized spacial score (nSPS) is 11.7. The van der Waals surface area contributed by atoms with Gasteiger partial charge in [0.15, 0.2) is 0 Å². The molecule has 0 fully saturated rings. The maximum absolute atomic E-state index is 6.36. The number of hydrogen-bond acceptors (Lipinski definition) is 4. The molecule has 0 amide bonds. The van der Waals surface area contributed by atoms with Gasteiger partial charge in [0, 0.05) is 30.4 Å². The molecule has 0 aliphatic carbocycles. The van der Waals surface area contributed by atoms with E-state index in [4.69, 9.17) is 11.6 Å². The Balaban J connectivity index is 1.74. The summed E-state index contributed by atoms with van der Waals surface area (Å²) in [5.41, 5.74) is 5.17. The molecule has 0 aliphatic rings. The van der Waals surface area contributed by atoms with Gasteiger partial charge in [-0.2, -0.15) is 5.10 Å². The largest absolute Gasteiger partial charge is 0.300 e. The number of nitrogens with zero attached hydrogens (tertiary/aromatic N) is 4. The van der Waals surface area contributed by atoms with Crippen LogP contribution >= 0.6 is 22.9 Å². The Labute approximate surface area is 139 Å². The van der Waals surface area contributed by atoms with Gasteiger partial charge in [0.1, 0.15) is 0 Å². The van der Waals surface area contributed by atoms with Gasteiger partial charge in [-0.15, -0.1) is 11.3 Å². The van der Waals surface area contributed by atoms with E-state index in [1.165, 1.54) is 4.88 Å². The van der Waals surface area contributed by atoms with E-state index in [1.54, 1.807) is 11.3 Å². The van der Waals surface area contributed by atoms with Crippen LogP contribution in [0.1, 0.15) is 16.3 Å². The van der Waals surface area contributed by atoms with E-state index in [0.717, 1.165) is 46.8 Å². The lowest BCUT2D eigenvalue weighted by Gasteiger charge is -2.15. The molecule has 0 N–H and O–H groups in total. The van der Waals surface area contributed by atoms with E-state index in [-0.39, 0.29) is 0 Å². The van der Waals surface area contributed by atoms with Gasteiger partial charge in [-0.25, -0.2) is 4.98 Å². The summed E-state index contributed by atoms with van der Waals surface area (Å²) >= 11 is 8.09. The molecule has 116 valence electrons. The van der Waals surface area contributed by atoms with Gasteiger partial charge in [0.05, 0.1) is 27.4 Å². The highest BCUT2D eigenvalue weighted by atomic mass is 35.5. The van der Waals surface area contributed by atoms with Crippen molar-refractivity contribution in [2.75, 3.05) is 13.6 Å².